The van der Waals surface area contributed by atoms with Gasteiger partial charge in [-0.05, 0) is 78.9 Å². The third-order valence-corrected chi connectivity index (χ3v) is 11.0. The molecule has 2 N–H and O–H groups in total. The first-order valence-electron chi connectivity index (χ1n) is 17.0. The van der Waals surface area contributed by atoms with Gasteiger partial charge in [-0.2, -0.15) is 5.10 Å². The van der Waals surface area contributed by atoms with Gasteiger partial charge in [-0.15, -0.1) is 11.8 Å². The number of thioether (sulfide) groups is 1. The fourth-order valence-corrected chi connectivity index (χ4v) is 8.43. The molecule has 8 nitrogen and oxygen atoms in total. The number of carbonyl (C=O) groups is 1. The maximum absolute atomic E-state index is 12.8. The standard InChI is InChI=1S/C40H40ClN3O5S/c1-43-38-31(17-18-32(41)36(38)37-33(23-45)42-44-19-7-3-4-12-34(37)44)30(39(43)40(46)47)11-8-20-49-35-22-28(21-26-9-5-6-10-29(26)35)50-24-25-13-15-27(48-2)16-14-25/h5-6,9-10,13-18,21-22,45H,3-4,7-8,11-12,19-20,23-24H2,1-2H3,(H,46,47). The van der Waals surface area contributed by atoms with Crippen LogP contribution in [0.5, 0.6) is 11.5 Å². The number of ether oxygens (including phenoxy) is 2. The number of hydrogen-bond donors (Lipinski definition) is 2. The number of carboxylic acid groups (broad SMARTS) is 1. The lowest BCUT2D eigenvalue weighted by molar-refractivity contribution is 0.0685. The maximum atomic E-state index is 12.8. The quantitative estimate of drug-likeness (QED) is 0.0966. The van der Waals surface area contributed by atoms with Gasteiger partial charge in [-0.25, -0.2) is 4.79 Å². The Balaban J connectivity index is 1.16. The van der Waals surface area contributed by atoms with Crippen molar-refractivity contribution in [2.24, 2.45) is 7.05 Å². The number of carboxylic acids is 1. The highest BCUT2D eigenvalue weighted by Gasteiger charge is 2.28. The highest BCUT2D eigenvalue weighted by Crippen LogP contribution is 2.43. The Morgan fingerprint density at radius 2 is 1.82 bits per heavy atom. The summed E-state index contributed by atoms with van der Waals surface area (Å²) in [5.41, 5.74) is 6.10. The molecule has 0 fully saturated rings. The van der Waals surface area contributed by atoms with E-state index in [1.807, 2.05) is 41.1 Å². The molecule has 4 aromatic carbocycles. The van der Waals surface area contributed by atoms with E-state index < -0.39 is 5.97 Å². The number of aromatic carboxylic acids is 1. The summed E-state index contributed by atoms with van der Waals surface area (Å²) in [5.74, 6) is 1.47. The van der Waals surface area contributed by atoms with Crippen LogP contribution in [-0.2, 0) is 38.8 Å². The van der Waals surface area contributed by atoms with E-state index in [2.05, 4.69) is 36.4 Å². The number of aryl methyl sites for hydroxylation is 3. The fourth-order valence-electron chi connectivity index (χ4n) is 7.26. The average Bonchev–Trinajstić information content (AvgIpc) is 3.51. The Kier molecular flexibility index (Phi) is 10.1. The first kappa shape index (κ1) is 34.0. The first-order valence-corrected chi connectivity index (χ1v) is 18.4. The summed E-state index contributed by atoms with van der Waals surface area (Å²) in [7, 11) is 3.45. The molecule has 1 aliphatic heterocycles. The fraction of sp³-hybridized carbons (Fsp3) is 0.300. The summed E-state index contributed by atoms with van der Waals surface area (Å²) in [6.07, 6.45) is 5.10. The summed E-state index contributed by atoms with van der Waals surface area (Å²) in [6.45, 7) is 0.977. The Morgan fingerprint density at radius 1 is 1.00 bits per heavy atom. The van der Waals surface area contributed by atoms with Crippen LogP contribution in [0.4, 0.5) is 0 Å². The number of aliphatic hydroxyl groups is 1. The van der Waals surface area contributed by atoms with Crippen LogP contribution in [0.25, 0.3) is 32.8 Å². The number of benzene rings is 4. The zero-order valence-corrected chi connectivity index (χ0v) is 29.8. The molecule has 0 radical (unpaired) electrons. The largest absolute Gasteiger partial charge is 0.497 e. The number of methoxy groups -OCH3 is 1. The molecule has 0 saturated carbocycles. The Morgan fingerprint density at radius 3 is 2.60 bits per heavy atom. The number of halogens is 1. The lowest BCUT2D eigenvalue weighted by atomic mass is 9.96. The van der Waals surface area contributed by atoms with Gasteiger partial charge < -0.3 is 24.3 Å². The van der Waals surface area contributed by atoms with Crippen molar-refractivity contribution in [3.05, 3.63) is 106 Å². The van der Waals surface area contributed by atoms with Gasteiger partial charge in [-0.3, -0.25) is 4.68 Å². The van der Waals surface area contributed by atoms with Gasteiger partial charge in [0.2, 0.25) is 0 Å². The third kappa shape index (κ3) is 6.57. The molecule has 7 rings (SSSR count). The molecular formula is C40H40ClN3O5S. The Hall–Kier alpha value is -4.44. The van der Waals surface area contributed by atoms with Crippen LogP contribution in [-0.4, -0.2) is 44.2 Å². The second-order valence-corrected chi connectivity index (χ2v) is 14.2. The molecule has 0 amide bonds. The van der Waals surface area contributed by atoms with Gasteiger partial charge in [0.15, 0.2) is 0 Å². The van der Waals surface area contributed by atoms with Crippen molar-refractivity contribution in [1.82, 2.24) is 14.3 Å². The molecule has 0 atom stereocenters. The van der Waals surface area contributed by atoms with Crippen LogP contribution < -0.4 is 9.47 Å². The minimum absolute atomic E-state index is 0.224. The maximum Gasteiger partial charge on any atom is 0.352 e. The SMILES string of the molecule is COc1ccc(CSc2cc(OCCCc3c(C(=O)O)n(C)c4c(-c5c(CO)nn6c5CCCCC6)c(Cl)ccc34)c3ccccc3c2)cc1. The Bertz CT molecular complexity index is 2190. The summed E-state index contributed by atoms with van der Waals surface area (Å²) in [5, 5.41) is 29.1. The van der Waals surface area contributed by atoms with E-state index in [4.69, 9.17) is 26.2 Å². The highest BCUT2D eigenvalue weighted by atomic mass is 35.5. The van der Waals surface area contributed by atoms with Crippen molar-refractivity contribution in [2.75, 3.05) is 13.7 Å². The molecular weight excluding hydrogens is 670 g/mol. The first-order chi connectivity index (χ1) is 24.4. The molecule has 0 unspecified atom stereocenters. The zero-order chi connectivity index (χ0) is 34.8. The van der Waals surface area contributed by atoms with Gasteiger partial charge >= 0.3 is 5.97 Å². The second kappa shape index (κ2) is 14.8. The molecule has 0 bridgehead atoms. The summed E-state index contributed by atoms with van der Waals surface area (Å²) in [4.78, 5) is 13.9. The zero-order valence-electron chi connectivity index (χ0n) is 28.2. The van der Waals surface area contributed by atoms with Crippen LogP contribution in [0.3, 0.4) is 0 Å². The lowest BCUT2D eigenvalue weighted by Gasteiger charge is -2.13. The molecule has 1 aliphatic rings. The van der Waals surface area contributed by atoms with E-state index in [1.54, 1.807) is 30.5 Å². The summed E-state index contributed by atoms with van der Waals surface area (Å²) in [6, 6.07) is 24.4. The van der Waals surface area contributed by atoms with Crippen LogP contribution in [0.15, 0.2) is 77.7 Å². The van der Waals surface area contributed by atoms with Crippen LogP contribution in [0.1, 0.15) is 58.7 Å². The van der Waals surface area contributed by atoms with E-state index in [9.17, 15) is 15.0 Å². The molecule has 2 aromatic heterocycles. The molecule has 10 heteroatoms. The van der Waals surface area contributed by atoms with E-state index >= 15 is 0 Å². The predicted molar refractivity (Wildman–Crippen MR) is 200 cm³/mol. The Labute approximate surface area is 300 Å². The van der Waals surface area contributed by atoms with Gasteiger partial charge in [-0.1, -0.05) is 60.5 Å². The molecule has 0 saturated heterocycles. The number of aliphatic hydroxyl groups excluding tert-OH is 1. The minimum atomic E-state index is -0.995. The number of hydrogen-bond acceptors (Lipinski definition) is 6. The van der Waals surface area contributed by atoms with E-state index in [1.165, 1.54) is 5.56 Å². The van der Waals surface area contributed by atoms with E-state index in [-0.39, 0.29) is 12.3 Å². The third-order valence-electron chi connectivity index (χ3n) is 9.62. The van der Waals surface area contributed by atoms with Gasteiger partial charge in [0, 0.05) is 51.8 Å². The smallest absolute Gasteiger partial charge is 0.352 e. The van der Waals surface area contributed by atoms with E-state index in [0.29, 0.717) is 30.2 Å². The molecule has 50 heavy (non-hydrogen) atoms. The highest BCUT2D eigenvalue weighted by molar-refractivity contribution is 7.98. The summed E-state index contributed by atoms with van der Waals surface area (Å²) >= 11 is 8.69. The van der Waals surface area contributed by atoms with Crippen molar-refractivity contribution < 1.29 is 24.5 Å². The van der Waals surface area contributed by atoms with Crippen LogP contribution >= 0.6 is 23.4 Å². The monoisotopic (exact) mass is 709 g/mol. The molecule has 0 aliphatic carbocycles. The predicted octanol–water partition coefficient (Wildman–Crippen LogP) is 9.08. The molecule has 3 heterocycles. The number of nitrogens with zero attached hydrogens (tertiary/aromatic N) is 3. The second-order valence-electron chi connectivity index (χ2n) is 12.7. The average molecular weight is 710 g/mol. The van der Waals surface area contributed by atoms with Crippen LogP contribution in [0, 0.1) is 0 Å². The number of fused-ring (bicyclic) bond motifs is 3. The van der Waals surface area contributed by atoms with E-state index in [0.717, 1.165) is 98.4 Å². The summed E-state index contributed by atoms with van der Waals surface area (Å²) < 4.78 is 15.5. The van der Waals surface area contributed by atoms with Crippen molar-refractivity contribution in [2.45, 2.75) is 62.3 Å². The lowest BCUT2D eigenvalue weighted by Crippen LogP contribution is -2.09. The van der Waals surface area contributed by atoms with Crippen molar-refractivity contribution in [3.8, 4) is 22.6 Å². The van der Waals surface area contributed by atoms with Gasteiger partial charge in [0.05, 0.1) is 36.6 Å². The minimum Gasteiger partial charge on any atom is -0.497 e. The van der Waals surface area contributed by atoms with Crippen LogP contribution in [0.2, 0.25) is 5.02 Å². The van der Waals surface area contributed by atoms with Gasteiger partial charge in [0.1, 0.15) is 17.2 Å². The van der Waals surface area contributed by atoms with Gasteiger partial charge in [0.25, 0.3) is 0 Å². The van der Waals surface area contributed by atoms with Crippen molar-refractivity contribution >= 4 is 51.0 Å². The molecule has 6 aromatic rings. The topological polar surface area (TPSA) is 98.7 Å². The van der Waals surface area contributed by atoms with Crippen molar-refractivity contribution in [1.29, 1.82) is 0 Å². The normalized spacial score (nSPS) is 13.0. The van der Waals surface area contributed by atoms with Crippen molar-refractivity contribution in [3.63, 3.8) is 0 Å². The number of aromatic nitrogens is 3. The molecule has 0 spiro atoms. The number of rotatable bonds is 12. The molecule has 258 valence electrons.